The summed E-state index contributed by atoms with van der Waals surface area (Å²) in [5.41, 5.74) is 7.22. The Bertz CT molecular complexity index is 575. The van der Waals surface area contributed by atoms with Gasteiger partial charge in [0.2, 0.25) is 0 Å². The van der Waals surface area contributed by atoms with E-state index in [1.165, 1.54) is 12.1 Å². The number of nitrogen functional groups attached to an aromatic ring is 1. The Hall–Kier alpha value is -1.18. The smallest absolute Gasteiger partial charge is 0.136 e. The van der Waals surface area contributed by atoms with Crippen LogP contribution in [0.2, 0.25) is 0 Å². The van der Waals surface area contributed by atoms with Crippen LogP contribution in [-0.4, -0.2) is 9.78 Å². The summed E-state index contributed by atoms with van der Waals surface area (Å²) in [7, 11) is 0. The molecule has 18 heavy (non-hydrogen) atoms. The van der Waals surface area contributed by atoms with Crippen LogP contribution in [0.15, 0.2) is 18.2 Å². The Morgan fingerprint density at radius 3 is 2.28 bits per heavy atom. The van der Waals surface area contributed by atoms with E-state index in [2.05, 4.69) is 27.7 Å². The van der Waals surface area contributed by atoms with E-state index < -0.39 is 11.6 Å². The van der Waals surface area contributed by atoms with Gasteiger partial charge in [-0.1, -0.05) is 0 Å². The van der Waals surface area contributed by atoms with Gasteiger partial charge >= 0.3 is 0 Å². The number of hydrogen-bond acceptors (Lipinski definition) is 2. The third kappa shape index (κ3) is 2.33. The van der Waals surface area contributed by atoms with Crippen molar-refractivity contribution in [3.05, 3.63) is 44.7 Å². The van der Waals surface area contributed by atoms with E-state index in [4.69, 9.17) is 5.73 Å². The molecule has 0 amide bonds. The van der Waals surface area contributed by atoms with Crippen molar-refractivity contribution < 1.29 is 8.78 Å². The topological polar surface area (TPSA) is 43.8 Å². The first kappa shape index (κ1) is 13.3. The molecule has 2 N–H and O–H groups in total. The lowest BCUT2D eigenvalue weighted by atomic mass is 10.1. The number of hydrogen-bond donors (Lipinski definition) is 1. The van der Waals surface area contributed by atoms with Crippen molar-refractivity contribution in [2.24, 2.45) is 0 Å². The molecule has 1 unspecified atom stereocenters. The molecule has 0 spiro atoms. The van der Waals surface area contributed by atoms with Crippen LogP contribution >= 0.6 is 22.6 Å². The summed E-state index contributed by atoms with van der Waals surface area (Å²) in [6, 6.07) is 3.10. The summed E-state index contributed by atoms with van der Waals surface area (Å²) in [6.45, 7) is 3.64. The number of rotatable bonds is 2. The van der Waals surface area contributed by atoms with Crippen LogP contribution in [0.4, 0.5) is 14.6 Å². The molecule has 3 nitrogen and oxygen atoms in total. The van der Waals surface area contributed by atoms with E-state index in [9.17, 15) is 8.78 Å². The zero-order valence-electron chi connectivity index (χ0n) is 9.92. The lowest BCUT2D eigenvalue weighted by Gasteiger charge is -2.14. The first-order valence-corrected chi connectivity index (χ1v) is 6.44. The third-order valence-corrected chi connectivity index (χ3v) is 4.11. The van der Waals surface area contributed by atoms with Gasteiger partial charge in [0.15, 0.2) is 0 Å². The molecule has 2 aromatic rings. The van der Waals surface area contributed by atoms with Gasteiger partial charge in [-0.2, -0.15) is 5.10 Å². The maximum Gasteiger partial charge on any atom is 0.136 e. The maximum atomic E-state index is 13.2. The fourth-order valence-electron chi connectivity index (χ4n) is 1.80. The monoisotopic (exact) mass is 363 g/mol. The molecule has 0 aliphatic heterocycles. The molecular formula is C12H12F2IN3. The average Bonchev–Trinajstić information content (AvgIpc) is 2.55. The van der Waals surface area contributed by atoms with Crippen LogP contribution in [0.3, 0.4) is 0 Å². The highest BCUT2D eigenvalue weighted by atomic mass is 127. The van der Waals surface area contributed by atoms with E-state index in [-0.39, 0.29) is 6.04 Å². The van der Waals surface area contributed by atoms with E-state index in [0.29, 0.717) is 11.4 Å². The van der Waals surface area contributed by atoms with Gasteiger partial charge in [-0.15, -0.1) is 0 Å². The molecule has 0 saturated heterocycles. The van der Waals surface area contributed by atoms with Gasteiger partial charge in [-0.05, 0) is 54.1 Å². The van der Waals surface area contributed by atoms with Crippen LogP contribution in [-0.2, 0) is 0 Å². The van der Waals surface area contributed by atoms with Crippen LogP contribution in [0.5, 0.6) is 0 Å². The van der Waals surface area contributed by atoms with Crippen molar-refractivity contribution in [3.8, 4) is 0 Å². The minimum Gasteiger partial charge on any atom is -0.383 e. The zero-order chi connectivity index (χ0) is 13.4. The van der Waals surface area contributed by atoms with Gasteiger partial charge in [0.25, 0.3) is 0 Å². The van der Waals surface area contributed by atoms with Gasteiger partial charge in [0.05, 0.1) is 15.3 Å². The highest BCUT2D eigenvalue weighted by Crippen LogP contribution is 2.26. The van der Waals surface area contributed by atoms with Gasteiger partial charge in [-0.3, -0.25) is 0 Å². The van der Waals surface area contributed by atoms with Crippen molar-refractivity contribution in [2.45, 2.75) is 19.9 Å². The summed E-state index contributed by atoms with van der Waals surface area (Å²) >= 11 is 2.10. The molecule has 0 aliphatic rings. The van der Waals surface area contributed by atoms with Gasteiger partial charge in [0, 0.05) is 6.07 Å². The molecule has 1 aromatic heterocycles. The number of benzene rings is 1. The second kappa shape index (κ2) is 4.83. The van der Waals surface area contributed by atoms with Crippen molar-refractivity contribution in [3.63, 3.8) is 0 Å². The molecule has 0 saturated carbocycles. The highest BCUT2D eigenvalue weighted by molar-refractivity contribution is 14.1. The SMILES string of the molecule is Cc1nn(C(C)c2cc(F)cc(F)c2)c(N)c1I. The molecule has 0 bridgehead atoms. The predicted octanol–water partition coefficient (Wildman–Crippen LogP) is 3.27. The minimum atomic E-state index is -0.603. The summed E-state index contributed by atoms with van der Waals surface area (Å²) in [5.74, 6) is -0.701. The number of aryl methyl sites for hydroxylation is 1. The Labute approximate surface area is 117 Å². The predicted molar refractivity (Wildman–Crippen MR) is 74.3 cm³/mol. The Balaban J connectivity index is 2.47. The fraction of sp³-hybridized carbons (Fsp3) is 0.250. The van der Waals surface area contributed by atoms with Crippen LogP contribution in [0, 0.1) is 22.1 Å². The van der Waals surface area contributed by atoms with E-state index in [0.717, 1.165) is 15.3 Å². The zero-order valence-corrected chi connectivity index (χ0v) is 12.1. The van der Waals surface area contributed by atoms with E-state index >= 15 is 0 Å². The molecule has 1 atom stereocenters. The minimum absolute atomic E-state index is 0.322. The Kier molecular flexibility index (Phi) is 3.56. The molecule has 0 fully saturated rings. The number of anilines is 1. The average molecular weight is 363 g/mol. The quantitative estimate of drug-likeness (QED) is 0.833. The van der Waals surface area contributed by atoms with Crippen molar-refractivity contribution in [1.82, 2.24) is 9.78 Å². The second-order valence-electron chi connectivity index (χ2n) is 4.11. The first-order valence-electron chi connectivity index (χ1n) is 5.36. The maximum absolute atomic E-state index is 13.2. The Morgan fingerprint density at radius 2 is 1.83 bits per heavy atom. The molecule has 0 radical (unpaired) electrons. The summed E-state index contributed by atoms with van der Waals surface area (Å²) in [6.07, 6.45) is 0. The third-order valence-electron chi connectivity index (χ3n) is 2.78. The molecule has 2 rings (SSSR count). The molecule has 1 aromatic carbocycles. The van der Waals surface area contributed by atoms with Crippen LogP contribution in [0.25, 0.3) is 0 Å². The van der Waals surface area contributed by atoms with Crippen molar-refractivity contribution in [1.29, 1.82) is 0 Å². The lowest BCUT2D eigenvalue weighted by Crippen LogP contribution is -2.12. The molecule has 6 heteroatoms. The van der Waals surface area contributed by atoms with E-state index in [1.807, 2.05) is 6.92 Å². The van der Waals surface area contributed by atoms with Gasteiger partial charge < -0.3 is 5.73 Å². The lowest BCUT2D eigenvalue weighted by molar-refractivity contribution is 0.542. The van der Waals surface area contributed by atoms with Gasteiger partial charge in [-0.25, -0.2) is 13.5 Å². The van der Waals surface area contributed by atoms with Crippen molar-refractivity contribution in [2.75, 3.05) is 5.73 Å². The number of halogens is 3. The number of aromatic nitrogens is 2. The molecular weight excluding hydrogens is 351 g/mol. The van der Waals surface area contributed by atoms with Crippen molar-refractivity contribution >= 4 is 28.4 Å². The van der Waals surface area contributed by atoms with Crippen LogP contribution < -0.4 is 5.73 Å². The number of nitrogens with two attached hydrogens (primary N) is 1. The molecule has 0 aliphatic carbocycles. The second-order valence-corrected chi connectivity index (χ2v) is 5.19. The number of nitrogens with zero attached hydrogens (tertiary/aromatic N) is 2. The molecule has 96 valence electrons. The van der Waals surface area contributed by atoms with E-state index in [1.54, 1.807) is 11.6 Å². The first-order chi connectivity index (χ1) is 8.40. The highest BCUT2D eigenvalue weighted by Gasteiger charge is 2.17. The summed E-state index contributed by atoms with van der Waals surface area (Å²) in [4.78, 5) is 0. The standard InChI is InChI=1S/C12H12F2IN3/c1-6-11(15)12(16)18(17-6)7(2)8-3-9(13)5-10(14)4-8/h3-5,7H,16H2,1-2H3. The summed E-state index contributed by atoms with van der Waals surface area (Å²) in [5, 5.41) is 4.28. The largest absolute Gasteiger partial charge is 0.383 e. The van der Waals surface area contributed by atoms with Crippen LogP contribution in [0.1, 0.15) is 24.2 Å². The molecule has 1 heterocycles. The fourth-order valence-corrected chi connectivity index (χ4v) is 2.15. The summed E-state index contributed by atoms with van der Waals surface area (Å²) < 4.78 is 28.8. The van der Waals surface area contributed by atoms with Gasteiger partial charge in [0.1, 0.15) is 17.5 Å². The Morgan fingerprint density at radius 1 is 1.28 bits per heavy atom. The normalized spacial score (nSPS) is 12.7.